The maximum atomic E-state index is 12.9. The van der Waals surface area contributed by atoms with Crippen LogP contribution in [0.1, 0.15) is 42.7 Å². The van der Waals surface area contributed by atoms with Crippen LogP contribution < -0.4 is 5.32 Å². The van der Waals surface area contributed by atoms with Crippen LogP contribution in [0.5, 0.6) is 0 Å². The van der Waals surface area contributed by atoms with E-state index in [9.17, 15) is 9.59 Å². The van der Waals surface area contributed by atoms with Crippen LogP contribution >= 0.6 is 0 Å². The fraction of sp³-hybridized carbons (Fsp3) is 0.360. The van der Waals surface area contributed by atoms with Crippen molar-refractivity contribution in [1.29, 1.82) is 0 Å². The number of fused-ring (bicyclic) bond motifs is 1. The molecule has 30 heavy (non-hydrogen) atoms. The lowest BCUT2D eigenvalue weighted by atomic mass is 9.96. The Morgan fingerprint density at radius 3 is 2.63 bits per heavy atom. The maximum Gasteiger partial charge on any atom is 0.227 e. The van der Waals surface area contributed by atoms with E-state index >= 15 is 0 Å². The number of furan rings is 1. The fourth-order valence-electron chi connectivity index (χ4n) is 4.30. The summed E-state index contributed by atoms with van der Waals surface area (Å²) in [7, 11) is 0. The fourth-order valence-corrected chi connectivity index (χ4v) is 4.30. The normalized spacial score (nSPS) is 17.7. The van der Waals surface area contributed by atoms with Gasteiger partial charge >= 0.3 is 0 Å². The van der Waals surface area contributed by atoms with Crippen LogP contribution in [0.3, 0.4) is 0 Å². The minimum atomic E-state index is -0.222. The van der Waals surface area contributed by atoms with Crippen LogP contribution in [-0.4, -0.2) is 29.8 Å². The molecule has 0 bridgehead atoms. The number of hydrogen-bond donors (Lipinski definition) is 1. The van der Waals surface area contributed by atoms with Crippen LogP contribution in [0, 0.1) is 12.8 Å². The van der Waals surface area contributed by atoms with Crippen molar-refractivity contribution in [2.24, 2.45) is 5.92 Å². The number of nitrogens with zero attached hydrogens (tertiary/aromatic N) is 1. The van der Waals surface area contributed by atoms with Crippen molar-refractivity contribution in [3.8, 4) is 0 Å². The molecule has 0 aliphatic carbocycles. The molecule has 5 heteroatoms. The van der Waals surface area contributed by atoms with Crippen molar-refractivity contribution in [2.45, 2.75) is 39.2 Å². The van der Waals surface area contributed by atoms with Gasteiger partial charge in [-0.3, -0.25) is 9.59 Å². The van der Waals surface area contributed by atoms with Gasteiger partial charge in [0.25, 0.3) is 0 Å². The molecule has 1 aliphatic rings. The second-order valence-electron chi connectivity index (χ2n) is 8.16. The van der Waals surface area contributed by atoms with Crippen molar-refractivity contribution in [3.63, 3.8) is 0 Å². The molecule has 2 atom stereocenters. The summed E-state index contributed by atoms with van der Waals surface area (Å²) < 4.78 is 6.00. The molecule has 2 aromatic carbocycles. The highest BCUT2D eigenvalue weighted by Gasteiger charge is 2.30. The number of amides is 2. The van der Waals surface area contributed by atoms with Gasteiger partial charge in [-0.2, -0.15) is 0 Å². The number of piperidine rings is 1. The molecule has 0 radical (unpaired) electrons. The number of aryl methyl sites for hydroxylation is 1. The molecular formula is C25H28N2O3. The molecule has 5 nitrogen and oxygen atoms in total. The van der Waals surface area contributed by atoms with Crippen LogP contribution in [0.2, 0.25) is 0 Å². The third-order valence-corrected chi connectivity index (χ3v) is 5.98. The zero-order valence-corrected chi connectivity index (χ0v) is 17.6. The first-order valence-corrected chi connectivity index (χ1v) is 10.6. The highest BCUT2D eigenvalue weighted by atomic mass is 16.3. The number of carbonyl (C=O) groups excluding carboxylic acids is 2. The zero-order chi connectivity index (χ0) is 21.1. The van der Waals surface area contributed by atoms with E-state index in [0.29, 0.717) is 19.5 Å². The number of hydrogen-bond acceptors (Lipinski definition) is 3. The average Bonchev–Trinajstić information content (AvgIpc) is 3.11. The molecule has 3 aromatic rings. The van der Waals surface area contributed by atoms with Crippen LogP contribution in [-0.2, 0) is 16.0 Å². The van der Waals surface area contributed by atoms with Gasteiger partial charge in [0.2, 0.25) is 11.8 Å². The molecule has 2 amide bonds. The summed E-state index contributed by atoms with van der Waals surface area (Å²) in [6.07, 6.45) is 2.02. The Kier molecular flexibility index (Phi) is 5.88. The Bertz CT molecular complexity index is 1040. The van der Waals surface area contributed by atoms with Gasteiger partial charge in [0.05, 0.1) is 18.4 Å². The lowest BCUT2D eigenvalue weighted by Crippen LogP contribution is -2.46. The highest BCUT2D eigenvalue weighted by Crippen LogP contribution is 2.29. The molecule has 4 rings (SSSR count). The molecule has 0 saturated carbocycles. The van der Waals surface area contributed by atoms with Crippen LogP contribution in [0.4, 0.5) is 0 Å². The van der Waals surface area contributed by atoms with Crippen molar-refractivity contribution >= 4 is 22.8 Å². The molecule has 1 aliphatic heterocycles. The van der Waals surface area contributed by atoms with E-state index in [0.717, 1.165) is 40.7 Å². The second kappa shape index (κ2) is 8.74. The second-order valence-corrected chi connectivity index (χ2v) is 8.16. The Balaban J connectivity index is 1.39. The third-order valence-electron chi connectivity index (χ3n) is 5.98. The van der Waals surface area contributed by atoms with Gasteiger partial charge in [0.1, 0.15) is 11.3 Å². The van der Waals surface area contributed by atoms with E-state index < -0.39 is 0 Å². The van der Waals surface area contributed by atoms with Gasteiger partial charge in [-0.05, 0) is 38.3 Å². The van der Waals surface area contributed by atoms with Crippen molar-refractivity contribution in [2.75, 3.05) is 13.1 Å². The zero-order valence-electron chi connectivity index (χ0n) is 17.6. The standard InChI is InChI=1S/C25H28N2O3/c1-17-21-12-6-7-13-22(21)30-24(17)18(2)26-25(29)20-11-8-14-27(16-20)23(28)15-19-9-4-3-5-10-19/h3-7,9-10,12-13,18,20H,8,11,14-16H2,1-2H3,(H,26,29). The van der Waals surface area contributed by atoms with Gasteiger partial charge in [-0.25, -0.2) is 0 Å². The van der Waals surface area contributed by atoms with Gasteiger partial charge in [0, 0.05) is 24.0 Å². The Labute approximate surface area is 177 Å². The molecule has 2 heterocycles. The Morgan fingerprint density at radius 1 is 1.13 bits per heavy atom. The maximum absolute atomic E-state index is 12.9. The number of rotatable bonds is 5. The number of nitrogens with one attached hydrogen (secondary N) is 1. The minimum Gasteiger partial charge on any atom is -0.459 e. The first-order chi connectivity index (χ1) is 14.5. The van der Waals surface area contributed by atoms with E-state index in [1.54, 1.807) is 0 Å². The van der Waals surface area contributed by atoms with Gasteiger partial charge in [-0.15, -0.1) is 0 Å². The summed E-state index contributed by atoms with van der Waals surface area (Å²) >= 11 is 0. The molecular weight excluding hydrogens is 376 g/mol. The van der Waals surface area contributed by atoms with E-state index in [1.807, 2.05) is 73.3 Å². The lowest BCUT2D eigenvalue weighted by Gasteiger charge is -2.32. The summed E-state index contributed by atoms with van der Waals surface area (Å²) in [4.78, 5) is 27.5. The number of para-hydroxylation sites is 1. The summed E-state index contributed by atoms with van der Waals surface area (Å²) in [6.45, 7) is 5.16. The van der Waals surface area contributed by atoms with Gasteiger partial charge in [-0.1, -0.05) is 48.5 Å². The van der Waals surface area contributed by atoms with Crippen LogP contribution in [0.25, 0.3) is 11.0 Å². The van der Waals surface area contributed by atoms with Crippen molar-refractivity contribution in [3.05, 3.63) is 71.5 Å². The molecule has 1 N–H and O–H groups in total. The molecule has 1 fully saturated rings. The third kappa shape index (κ3) is 4.25. The number of carbonyl (C=O) groups is 2. The Hall–Kier alpha value is -3.08. The minimum absolute atomic E-state index is 0.0143. The summed E-state index contributed by atoms with van der Waals surface area (Å²) in [5, 5.41) is 4.18. The summed E-state index contributed by atoms with van der Waals surface area (Å²) in [5.74, 6) is 0.669. The molecule has 1 saturated heterocycles. The average molecular weight is 405 g/mol. The first kappa shape index (κ1) is 20.2. The predicted octanol–water partition coefficient (Wildman–Crippen LogP) is 4.40. The molecule has 156 valence electrons. The number of benzene rings is 2. The quantitative estimate of drug-likeness (QED) is 0.686. The predicted molar refractivity (Wildman–Crippen MR) is 117 cm³/mol. The van der Waals surface area contributed by atoms with E-state index in [1.165, 1.54) is 0 Å². The van der Waals surface area contributed by atoms with E-state index in [4.69, 9.17) is 4.42 Å². The lowest BCUT2D eigenvalue weighted by molar-refractivity contribution is -0.135. The van der Waals surface area contributed by atoms with E-state index in [2.05, 4.69) is 5.32 Å². The molecule has 0 spiro atoms. The topological polar surface area (TPSA) is 62.6 Å². The number of likely N-dealkylation sites (tertiary alicyclic amines) is 1. The molecule has 2 unspecified atom stereocenters. The Morgan fingerprint density at radius 2 is 1.87 bits per heavy atom. The molecule has 1 aromatic heterocycles. The van der Waals surface area contributed by atoms with Gasteiger partial charge < -0.3 is 14.6 Å². The largest absolute Gasteiger partial charge is 0.459 e. The summed E-state index contributed by atoms with van der Waals surface area (Å²) in [6, 6.07) is 17.4. The first-order valence-electron chi connectivity index (χ1n) is 10.6. The monoisotopic (exact) mass is 404 g/mol. The smallest absolute Gasteiger partial charge is 0.227 e. The van der Waals surface area contributed by atoms with E-state index in [-0.39, 0.29) is 23.8 Å². The highest BCUT2D eigenvalue weighted by molar-refractivity contribution is 5.84. The van der Waals surface area contributed by atoms with Crippen molar-refractivity contribution in [1.82, 2.24) is 10.2 Å². The SMILES string of the molecule is Cc1c(C(C)NC(=O)C2CCCN(C(=O)Cc3ccccc3)C2)oc2ccccc12. The van der Waals surface area contributed by atoms with Crippen LogP contribution in [0.15, 0.2) is 59.0 Å². The summed E-state index contributed by atoms with van der Waals surface area (Å²) in [5.41, 5.74) is 2.89. The van der Waals surface area contributed by atoms with Gasteiger partial charge in [0.15, 0.2) is 0 Å². The van der Waals surface area contributed by atoms with Crippen molar-refractivity contribution < 1.29 is 14.0 Å².